The molecular weight excluding hydrogens is 276 g/mol. The van der Waals surface area contributed by atoms with Crippen LogP contribution in [0, 0.1) is 6.92 Å². The molecule has 0 spiro atoms. The van der Waals surface area contributed by atoms with Crippen LogP contribution in [0.1, 0.15) is 64.6 Å². The summed E-state index contributed by atoms with van der Waals surface area (Å²) in [6.45, 7) is 12.4. The Balaban J connectivity index is 2.98. The van der Waals surface area contributed by atoms with E-state index >= 15 is 0 Å². The summed E-state index contributed by atoms with van der Waals surface area (Å²) >= 11 is 0. The molecule has 0 aromatic heterocycles. The van der Waals surface area contributed by atoms with Crippen LogP contribution >= 0.6 is 0 Å². The monoisotopic (exact) mass is 306 g/mol. The molecule has 1 aromatic carbocycles. The van der Waals surface area contributed by atoms with Gasteiger partial charge < -0.3 is 15.4 Å². The number of hydrogen-bond acceptors (Lipinski definition) is 3. The molecule has 0 aliphatic carbocycles. The standard InChI is InChI=1S/C18H30N2O2/c1-7-8-11-20(17(21)22-18(4,5)6)14(3)15-10-9-13(2)16(19)12-15/h9-10,12,14H,7-8,11,19H2,1-6H3/t14-/m1/s1. The van der Waals surface area contributed by atoms with Gasteiger partial charge in [0.05, 0.1) is 6.04 Å². The summed E-state index contributed by atoms with van der Waals surface area (Å²) in [5, 5.41) is 0. The van der Waals surface area contributed by atoms with Crippen molar-refractivity contribution in [1.29, 1.82) is 0 Å². The molecule has 2 N–H and O–H groups in total. The Morgan fingerprint density at radius 1 is 1.36 bits per heavy atom. The van der Waals surface area contributed by atoms with Crippen molar-refractivity contribution in [1.82, 2.24) is 4.90 Å². The molecule has 4 nitrogen and oxygen atoms in total. The number of aryl methyl sites for hydroxylation is 1. The molecule has 4 heteroatoms. The van der Waals surface area contributed by atoms with Crippen molar-refractivity contribution in [2.45, 2.75) is 66.0 Å². The van der Waals surface area contributed by atoms with Crippen molar-refractivity contribution >= 4 is 11.8 Å². The lowest BCUT2D eigenvalue weighted by molar-refractivity contribution is 0.0170. The predicted molar refractivity (Wildman–Crippen MR) is 91.9 cm³/mol. The number of nitrogen functional groups attached to an aromatic ring is 1. The minimum Gasteiger partial charge on any atom is -0.444 e. The van der Waals surface area contributed by atoms with Crippen LogP contribution in [0.4, 0.5) is 10.5 Å². The van der Waals surface area contributed by atoms with Gasteiger partial charge in [-0.05, 0) is 58.2 Å². The Morgan fingerprint density at radius 2 is 2.00 bits per heavy atom. The van der Waals surface area contributed by atoms with E-state index < -0.39 is 5.60 Å². The van der Waals surface area contributed by atoms with Gasteiger partial charge >= 0.3 is 6.09 Å². The first-order valence-corrected chi connectivity index (χ1v) is 8.01. The maximum absolute atomic E-state index is 12.5. The number of nitrogens with two attached hydrogens (primary N) is 1. The predicted octanol–water partition coefficient (Wildman–Crippen LogP) is 4.68. The molecule has 124 valence electrons. The van der Waals surface area contributed by atoms with E-state index in [1.165, 1.54) is 0 Å². The number of anilines is 1. The normalized spacial score (nSPS) is 12.8. The van der Waals surface area contributed by atoms with E-state index in [2.05, 4.69) is 6.92 Å². The Morgan fingerprint density at radius 3 is 2.50 bits per heavy atom. The topological polar surface area (TPSA) is 55.6 Å². The van der Waals surface area contributed by atoms with Gasteiger partial charge in [-0.2, -0.15) is 0 Å². The summed E-state index contributed by atoms with van der Waals surface area (Å²) in [7, 11) is 0. The molecule has 1 atom stereocenters. The van der Waals surface area contributed by atoms with Gasteiger partial charge in [-0.15, -0.1) is 0 Å². The van der Waals surface area contributed by atoms with Gasteiger partial charge in [-0.25, -0.2) is 4.79 Å². The molecular formula is C18H30N2O2. The zero-order chi connectivity index (χ0) is 16.9. The second-order valence-corrected chi connectivity index (χ2v) is 6.82. The number of carbonyl (C=O) groups excluding carboxylic acids is 1. The zero-order valence-corrected chi connectivity index (χ0v) is 14.8. The Labute approximate surface area is 134 Å². The highest BCUT2D eigenvalue weighted by Crippen LogP contribution is 2.26. The summed E-state index contributed by atoms with van der Waals surface area (Å²) in [5.74, 6) is 0. The molecule has 0 heterocycles. The van der Waals surface area contributed by atoms with Gasteiger partial charge in [0.15, 0.2) is 0 Å². The van der Waals surface area contributed by atoms with Crippen LogP contribution in [0.5, 0.6) is 0 Å². The quantitative estimate of drug-likeness (QED) is 0.804. The SMILES string of the molecule is CCCCN(C(=O)OC(C)(C)C)[C@H](C)c1ccc(C)c(N)c1. The van der Waals surface area contributed by atoms with Crippen molar-refractivity contribution in [3.05, 3.63) is 29.3 Å². The third-order valence-electron chi connectivity index (χ3n) is 3.63. The average Bonchev–Trinajstić information content (AvgIpc) is 2.40. The number of hydrogen-bond donors (Lipinski definition) is 1. The third kappa shape index (κ3) is 5.24. The van der Waals surface area contributed by atoms with Gasteiger partial charge in [-0.1, -0.05) is 25.5 Å². The van der Waals surface area contributed by atoms with Crippen molar-refractivity contribution in [2.75, 3.05) is 12.3 Å². The molecule has 1 rings (SSSR count). The molecule has 0 radical (unpaired) electrons. The maximum atomic E-state index is 12.5. The van der Waals surface area contributed by atoms with E-state index in [4.69, 9.17) is 10.5 Å². The van der Waals surface area contributed by atoms with Crippen LogP contribution < -0.4 is 5.73 Å². The van der Waals surface area contributed by atoms with Crippen molar-refractivity contribution in [3.8, 4) is 0 Å². The maximum Gasteiger partial charge on any atom is 0.410 e. The fraction of sp³-hybridized carbons (Fsp3) is 0.611. The summed E-state index contributed by atoms with van der Waals surface area (Å²) < 4.78 is 5.55. The molecule has 1 amide bonds. The molecule has 0 saturated heterocycles. The summed E-state index contributed by atoms with van der Waals surface area (Å²) in [4.78, 5) is 14.3. The number of carbonyl (C=O) groups is 1. The molecule has 0 bridgehead atoms. The minimum absolute atomic E-state index is 0.0655. The number of rotatable bonds is 5. The molecule has 0 fully saturated rings. The lowest BCUT2D eigenvalue weighted by atomic mass is 10.0. The van der Waals surface area contributed by atoms with E-state index in [0.717, 1.165) is 29.7 Å². The first kappa shape index (κ1) is 18.3. The van der Waals surface area contributed by atoms with Gasteiger partial charge in [0, 0.05) is 12.2 Å². The van der Waals surface area contributed by atoms with Gasteiger partial charge in [-0.3, -0.25) is 0 Å². The fourth-order valence-electron chi connectivity index (χ4n) is 2.19. The van der Waals surface area contributed by atoms with Crippen molar-refractivity contribution in [2.24, 2.45) is 0 Å². The number of amides is 1. The zero-order valence-electron chi connectivity index (χ0n) is 14.8. The van der Waals surface area contributed by atoms with Crippen LogP contribution in [0.3, 0.4) is 0 Å². The minimum atomic E-state index is -0.492. The lowest BCUT2D eigenvalue weighted by Crippen LogP contribution is -2.39. The molecule has 0 aliphatic heterocycles. The van der Waals surface area contributed by atoms with Gasteiger partial charge in [0.25, 0.3) is 0 Å². The Kier molecular flexibility index (Phi) is 6.27. The number of nitrogens with zero attached hydrogens (tertiary/aromatic N) is 1. The van der Waals surface area contributed by atoms with Gasteiger partial charge in [0.1, 0.15) is 5.60 Å². The molecule has 1 aromatic rings. The van der Waals surface area contributed by atoms with Crippen LogP contribution in [-0.4, -0.2) is 23.1 Å². The van der Waals surface area contributed by atoms with E-state index in [0.29, 0.717) is 6.54 Å². The summed E-state index contributed by atoms with van der Waals surface area (Å²) in [6.07, 6.45) is 1.71. The van der Waals surface area contributed by atoms with E-state index in [1.807, 2.05) is 52.8 Å². The fourth-order valence-corrected chi connectivity index (χ4v) is 2.19. The lowest BCUT2D eigenvalue weighted by Gasteiger charge is -2.32. The van der Waals surface area contributed by atoms with Crippen LogP contribution in [0.2, 0.25) is 0 Å². The van der Waals surface area contributed by atoms with Crippen LogP contribution in [0.25, 0.3) is 0 Å². The first-order valence-electron chi connectivity index (χ1n) is 8.01. The van der Waals surface area contributed by atoms with E-state index in [1.54, 1.807) is 4.90 Å². The van der Waals surface area contributed by atoms with Crippen molar-refractivity contribution < 1.29 is 9.53 Å². The average molecular weight is 306 g/mol. The smallest absolute Gasteiger partial charge is 0.410 e. The van der Waals surface area contributed by atoms with Crippen LogP contribution in [0.15, 0.2) is 18.2 Å². The number of unbranched alkanes of at least 4 members (excludes halogenated alkanes) is 1. The second kappa shape index (κ2) is 7.52. The Bertz CT molecular complexity index is 506. The number of ether oxygens (including phenoxy) is 1. The molecule has 22 heavy (non-hydrogen) atoms. The highest BCUT2D eigenvalue weighted by molar-refractivity contribution is 5.69. The third-order valence-corrected chi connectivity index (χ3v) is 3.63. The first-order chi connectivity index (χ1) is 10.2. The molecule has 0 unspecified atom stereocenters. The van der Waals surface area contributed by atoms with Crippen LogP contribution in [-0.2, 0) is 4.74 Å². The molecule has 0 saturated carbocycles. The summed E-state index contributed by atoms with van der Waals surface area (Å²) in [5.41, 5.74) is 8.34. The van der Waals surface area contributed by atoms with E-state index in [-0.39, 0.29) is 12.1 Å². The Hall–Kier alpha value is -1.71. The molecule has 0 aliphatic rings. The van der Waals surface area contributed by atoms with Gasteiger partial charge in [0.2, 0.25) is 0 Å². The van der Waals surface area contributed by atoms with E-state index in [9.17, 15) is 4.79 Å². The highest BCUT2D eigenvalue weighted by atomic mass is 16.6. The van der Waals surface area contributed by atoms with Crippen molar-refractivity contribution in [3.63, 3.8) is 0 Å². The highest BCUT2D eigenvalue weighted by Gasteiger charge is 2.26. The largest absolute Gasteiger partial charge is 0.444 e. The summed E-state index contributed by atoms with van der Waals surface area (Å²) in [6, 6.07) is 5.90. The second-order valence-electron chi connectivity index (χ2n) is 6.82. The number of benzene rings is 1.